The minimum absolute atomic E-state index is 0.310. The minimum Gasteiger partial charge on any atom is -0.314 e. The number of amides is 2. The van der Waals surface area contributed by atoms with Crippen LogP contribution in [0.15, 0.2) is 59.2 Å². The monoisotopic (exact) mass is 350 g/mol. The summed E-state index contributed by atoms with van der Waals surface area (Å²) in [6, 6.07) is 14.4. The number of benzene rings is 2. The van der Waals surface area contributed by atoms with Gasteiger partial charge in [-0.2, -0.15) is 0 Å². The molecule has 0 bridgehead atoms. The zero-order chi connectivity index (χ0) is 14.4. The van der Waals surface area contributed by atoms with Crippen LogP contribution in [0.25, 0.3) is 6.08 Å². The molecule has 0 fully saturated rings. The molecule has 0 aromatic heterocycles. The van der Waals surface area contributed by atoms with Crippen LogP contribution in [0, 0.1) is 0 Å². The van der Waals surface area contributed by atoms with Crippen LogP contribution in [-0.4, -0.2) is 6.03 Å². The second-order valence-corrected chi connectivity index (χ2v) is 5.28. The van der Waals surface area contributed by atoms with E-state index in [2.05, 4.69) is 26.6 Å². The lowest BCUT2D eigenvalue weighted by atomic mass is 10.2. The number of rotatable bonds is 3. The average molecular weight is 352 g/mol. The molecule has 3 nitrogen and oxygen atoms in total. The van der Waals surface area contributed by atoms with Crippen LogP contribution in [-0.2, 0) is 0 Å². The molecule has 2 aromatic rings. The predicted molar refractivity (Wildman–Crippen MR) is 86.8 cm³/mol. The fourth-order valence-corrected chi connectivity index (χ4v) is 1.98. The Hall–Kier alpha value is -1.78. The summed E-state index contributed by atoms with van der Waals surface area (Å²) in [6.07, 6.45) is 3.29. The van der Waals surface area contributed by atoms with Crippen LogP contribution in [0.3, 0.4) is 0 Å². The standard InChI is InChI=1S/C15H12BrClN2O/c16-12-5-7-13(8-6-12)19-15(20)18-10-9-11-3-1-2-4-14(11)17/h1-10H,(H2,18,19,20)/b10-9+. The first kappa shape index (κ1) is 14.6. The van der Waals surface area contributed by atoms with Crippen LogP contribution >= 0.6 is 27.5 Å². The second-order valence-electron chi connectivity index (χ2n) is 3.96. The van der Waals surface area contributed by atoms with Crippen molar-refractivity contribution in [2.24, 2.45) is 0 Å². The van der Waals surface area contributed by atoms with Gasteiger partial charge in [-0.15, -0.1) is 0 Å². The van der Waals surface area contributed by atoms with E-state index in [1.54, 1.807) is 30.5 Å². The summed E-state index contributed by atoms with van der Waals surface area (Å²) < 4.78 is 0.960. The van der Waals surface area contributed by atoms with Crippen molar-refractivity contribution >= 4 is 45.3 Å². The van der Waals surface area contributed by atoms with Gasteiger partial charge in [0.15, 0.2) is 0 Å². The van der Waals surface area contributed by atoms with Gasteiger partial charge in [-0.05, 0) is 42.0 Å². The highest BCUT2D eigenvalue weighted by Crippen LogP contribution is 2.16. The third-order valence-electron chi connectivity index (χ3n) is 2.48. The van der Waals surface area contributed by atoms with Crippen molar-refractivity contribution in [3.63, 3.8) is 0 Å². The maximum absolute atomic E-state index is 11.7. The number of anilines is 1. The Morgan fingerprint density at radius 1 is 1.10 bits per heavy atom. The molecule has 5 heteroatoms. The lowest BCUT2D eigenvalue weighted by molar-refractivity contribution is 0.255. The van der Waals surface area contributed by atoms with Gasteiger partial charge in [0.05, 0.1) is 0 Å². The van der Waals surface area contributed by atoms with E-state index >= 15 is 0 Å². The highest BCUT2D eigenvalue weighted by molar-refractivity contribution is 9.10. The summed E-state index contributed by atoms with van der Waals surface area (Å²) in [5.74, 6) is 0. The lowest BCUT2D eigenvalue weighted by Crippen LogP contribution is -2.23. The van der Waals surface area contributed by atoms with Gasteiger partial charge in [0.1, 0.15) is 0 Å². The summed E-state index contributed by atoms with van der Waals surface area (Å²) >= 11 is 9.33. The minimum atomic E-state index is -0.310. The molecule has 0 aliphatic rings. The Morgan fingerprint density at radius 2 is 1.80 bits per heavy atom. The molecule has 102 valence electrons. The highest BCUT2D eigenvalue weighted by atomic mass is 79.9. The van der Waals surface area contributed by atoms with Crippen LogP contribution < -0.4 is 10.6 Å². The molecule has 0 saturated carbocycles. The van der Waals surface area contributed by atoms with Gasteiger partial charge in [0.2, 0.25) is 0 Å². The third-order valence-corrected chi connectivity index (χ3v) is 3.36. The largest absolute Gasteiger partial charge is 0.323 e. The maximum atomic E-state index is 11.7. The smallest absolute Gasteiger partial charge is 0.314 e. The van der Waals surface area contributed by atoms with Crippen molar-refractivity contribution in [3.8, 4) is 0 Å². The van der Waals surface area contributed by atoms with Crippen molar-refractivity contribution in [1.29, 1.82) is 0 Å². The molecule has 0 saturated heterocycles. The summed E-state index contributed by atoms with van der Waals surface area (Å²) in [6.45, 7) is 0. The first-order valence-electron chi connectivity index (χ1n) is 5.89. The second kappa shape index (κ2) is 7.12. The summed E-state index contributed by atoms with van der Waals surface area (Å²) in [5.41, 5.74) is 1.56. The van der Waals surface area contributed by atoms with Gasteiger partial charge in [0.25, 0.3) is 0 Å². The molecule has 0 aliphatic heterocycles. The third kappa shape index (κ3) is 4.40. The fraction of sp³-hybridized carbons (Fsp3) is 0. The van der Waals surface area contributed by atoms with Gasteiger partial charge in [-0.25, -0.2) is 4.79 Å². The molecular formula is C15H12BrClN2O. The number of hydrogen-bond acceptors (Lipinski definition) is 1. The first-order chi connectivity index (χ1) is 9.65. The average Bonchev–Trinajstić information content (AvgIpc) is 2.43. The zero-order valence-corrected chi connectivity index (χ0v) is 12.8. The maximum Gasteiger partial charge on any atom is 0.323 e. The number of urea groups is 1. The Labute approximate surface area is 130 Å². The molecule has 2 rings (SSSR count). The van der Waals surface area contributed by atoms with Crippen molar-refractivity contribution in [1.82, 2.24) is 5.32 Å². The summed E-state index contributed by atoms with van der Waals surface area (Å²) in [4.78, 5) is 11.7. The fourth-order valence-electron chi connectivity index (χ4n) is 1.52. The van der Waals surface area contributed by atoms with E-state index in [9.17, 15) is 4.79 Å². The van der Waals surface area contributed by atoms with Gasteiger partial charge in [-0.3, -0.25) is 0 Å². The van der Waals surface area contributed by atoms with E-state index in [4.69, 9.17) is 11.6 Å². The molecule has 2 N–H and O–H groups in total. The Bertz CT molecular complexity index is 626. The van der Waals surface area contributed by atoms with Crippen LogP contribution in [0.1, 0.15) is 5.56 Å². The Kier molecular flexibility index (Phi) is 5.21. The van der Waals surface area contributed by atoms with E-state index in [0.29, 0.717) is 5.02 Å². The van der Waals surface area contributed by atoms with E-state index in [1.807, 2.05) is 30.3 Å². The van der Waals surface area contributed by atoms with Crippen molar-refractivity contribution in [2.45, 2.75) is 0 Å². The first-order valence-corrected chi connectivity index (χ1v) is 7.06. The molecular weight excluding hydrogens is 340 g/mol. The van der Waals surface area contributed by atoms with Crippen LogP contribution in [0.5, 0.6) is 0 Å². The quantitative estimate of drug-likeness (QED) is 0.811. The van der Waals surface area contributed by atoms with E-state index in [-0.39, 0.29) is 6.03 Å². The van der Waals surface area contributed by atoms with Crippen LogP contribution in [0.2, 0.25) is 5.02 Å². The van der Waals surface area contributed by atoms with Crippen LogP contribution in [0.4, 0.5) is 10.5 Å². The van der Waals surface area contributed by atoms with Crippen molar-refractivity contribution in [2.75, 3.05) is 5.32 Å². The molecule has 20 heavy (non-hydrogen) atoms. The molecule has 2 amide bonds. The molecule has 0 aliphatic carbocycles. The molecule has 2 aromatic carbocycles. The van der Waals surface area contributed by atoms with Gasteiger partial charge in [-0.1, -0.05) is 45.7 Å². The molecule has 0 heterocycles. The van der Waals surface area contributed by atoms with Gasteiger partial charge >= 0.3 is 6.03 Å². The number of nitrogens with one attached hydrogen (secondary N) is 2. The zero-order valence-electron chi connectivity index (χ0n) is 10.4. The number of carbonyl (C=O) groups is 1. The Balaban J connectivity index is 1.89. The highest BCUT2D eigenvalue weighted by Gasteiger charge is 1.99. The van der Waals surface area contributed by atoms with E-state index in [0.717, 1.165) is 15.7 Å². The van der Waals surface area contributed by atoms with Gasteiger partial charge in [0, 0.05) is 21.4 Å². The number of hydrogen-bond donors (Lipinski definition) is 2. The normalized spacial score (nSPS) is 10.5. The summed E-state index contributed by atoms with van der Waals surface area (Å²) in [5, 5.41) is 5.97. The summed E-state index contributed by atoms with van der Waals surface area (Å²) in [7, 11) is 0. The molecule has 0 radical (unpaired) electrons. The number of carbonyl (C=O) groups excluding carboxylic acids is 1. The topological polar surface area (TPSA) is 41.1 Å². The molecule has 0 atom stereocenters. The number of halogens is 2. The van der Waals surface area contributed by atoms with Crippen molar-refractivity contribution < 1.29 is 4.79 Å². The lowest BCUT2D eigenvalue weighted by Gasteiger charge is -2.04. The molecule has 0 spiro atoms. The predicted octanol–water partition coefficient (Wildman–Crippen LogP) is 4.89. The van der Waals surface area contributed by atoms with E-state index < -0.39 is 0 Å². The van der Waals surface area contributed by atoms with Crippen molar-refractivity contribution in [3.05, 3.63) is 69.8 Å². The Morgan fingerprint density at radius 3 is 2.50 bits per heavy atom. The molecule has 0 unspecified atom stereocenters. The van der Waals surface area contributed by atoms with Gasteiger partial charge < -0.3 is 10.6 Å². The SMILES string of the molecule is O=C(N/C=C/c1ccccc1Cl)Nc1ccc(Br)cc1. The van der Waals surface area contributed by atoms with E-state index in [1.165, 1.54) is 0 Å².